The second-order valence-corrected chi connectivity index (χ2v) is 5.48. The largest absolute Gasteiger partial charge is 0.465 e. The Kier molecular flexibility index (Phi) is 6.87. The lowest BCUT2D eigenvalue weighted by Crippen LogP contribution is -2.35. The van der Waals surface area contributed by atoms with Gasteiger partial charge in [-0.1, -0.05) is 35.9 Å². The van der Waals surface area contributed by atoms with E-state index in [1.54, 1.807) is 48.5 Å². The first-order valence-electron chi connectivity index (χ1n) is 7.54. The number of esters is 1. The van der Waals surface area contributed by atoms with E-state index >= 15 is 0 Å². The fraction of sp³-hybridized carbons (Fsp3) is 0.111. The molecule has 0 heterocycles. The Morgan fingerprint density at radius 2 is 1.81 bits per heavy atom. The third kappa shape index (κ3) is 5.42. The van der Waals surface area contributed by atoms with Gasteiger partial charge in [-0.25, -0.2) is 10.2 Å². The molecule has 134 valence electrons. The van der Waals surface area contributed by atoms with Crippen LogP contribution in [0, 0.1) is 0 Å². The molecule has 8 heteroatoms. The SMILES string of the molecule is COC(=O)c1ccc(/C=N/NC(=O)CNC(=O)c2ccccc2Cl)cc1. The van der Waals surface area contributed by atoms with Crippen LogP contribution in [0.25, 0.3) is 0 Å². The molecule has 7 nitrogen and oxygen atoms in total. The standard InChI is InChI=1S/C18H16ClN3O4/c1-26-18(25)13-8-6-12(7-9-13)10-21-22-16(23)11-20-17(24)14-4-2-3-5-15(14)19/h2-10H,11H2,1H3,(H,20,24)(H,22,23)/b21-10+. The predicted molar refractivity (Wildman–Crippen MR) is 97.3 cm³/mol. The van der Waals surface area contributed by atoms with Crippen LogP contribution < -0.4 is 10.7 Å². The number of ether oxygens (including phenoxy) is 1. The minimum atomic E-state index is -0.493. The summed E-state index contributed by atoms with van der Waals surface area (Å²) in [5.41, 5.74) is 3.67. The molecule has 26 heavy (non-hydrogen) atoms. The van der Waals surface area contributed by atoms with Crippen molar-refractivity contribution in [3.05, 3.63) is 70.2 Å². The number of hydrogen-bond donors (Lipinski definition) is 2. The summed E-state index contributed by atoms with van der Waals surface area (Å²) in [5, 5.41) is 6.54. The first-order valence-corrected chi connectivity index (χ1v) is 7.92. The van der Waals surface area contributed by atoms with Crippen molar-refractivity contribution in [2.75, 3.05) is 13.7 Å². The Labute approximate surface area is 155 Å². The van der Waals surface area contributed by atoms with E-state index in [4.69, 9.17) is 11.6 Å². The third-order valence-electron chi connectivity index (χ3n) is 3.26. The number of halogens is 1. The van der Waals surface area contributed by atoms with Gasteiger partial charge in [0, 0.05) is 0 Å². The highest BCUT2D eigenvalue weighted by atomic mass is 35.5. The number of rotatable bonds is 6. The fourth-order valence-electron chi connectivity index (χ4n) is 1.94. The molecule has 0 unspecified atom stereocenters. The van der Waals surface area contributed by atoms with Crippen molar-refractivity contribution in [2.24, 2.45) is 5.10 Å². The maximum absolute atomic E-state index is 11.9. The lowest BCUT2D eigenvalue weighted by atomic mass is 10.1. The molecule has 2 N–H and O–H groups in total. The average molecular weight is 374 g/mol. The van der Waals surface area contributed by atoms with Gasteiger partial charge in [0.2, 0.25) is 0 Å². The van der Waals surface area contributed by atoms with Gasteiger partial charge in [0.1, 0.15) is 0 Å². The zero-order valence-electron chi connectivity index (χ0n) is 13.9. The quantitative estimate of drug-likeness (QED) is 0.460. The van der Waals surface area contributed by atoms with E-state index < -0.39 is 17.8 Å². The van der Waals surface area contributed by atoms with Crippen molar-refractivity contribution in [2.45, 2.75) is 0 Å². The van der Waals surface area contributed by atoms with Crippen LogP contribution in [0.1, 0.15) is 26.3 Å². The van der Waals surface area contributed by atoms with E-state index in [2.05, 4.69) is 20.6 Å². The van der Waals surface area contributed by atoms with E-state index in [9.17, 15) is 14.4 Å². The summed E-state index contributed by atoms with van der Waals surface area (Å²) in [6.07, 6.45) is 1.41. The second-order valence-electron chi connectivity index (χ2n) is 5.07. The second kappa shape index (κ2) is 9.33. The summed E-state index contributed by atoms with van der Waals surface area (Å²) < 4.78 is 4.60. The molecule has 2 aromatic carbocycles. The van der Waals surface area contributed by atoms with Crippen LogP contribution in [0.2, 0.25) is 5.02 Å². The monoisotopic (exact) mass is 373 g/mol. The lowest BCUT2D eigenvalue weighted by Gasteiger charge is -2.05. The van der Waals surface area contributed by atoms with E-state index in [0.29, 0.717) is 16.1 Å². The Morgan fingerprint density at radius 3 is 2.46 bits per heavy atom. The summed E-state index contributed by atoms with van der Waals surface area (Å²) in [5.74, 6) is -1.38. The molecule has 2 aromatic rings. The number of hydrazone groups is 1. The minimum Gasteiger partial charge on any atom is -0.465 e. The highest BCUT2D eigenvalue weighted by Gasteiger charge is 2.10. The van der Waals surface area contributed by atoms with Crippen molar-refractivity contribution < 1.29 is 19.1 Å². The summed E-state index contributed by atoms with van der Waals surface area (Å²) in [6.45, 7) is -0.247. The van der Waals surface area contributed by atoms with E-state index in [1.165, 1.54) is 13.3 Å². The number of hydrogen-bond acceptors (Lipinski definition) is 5. The first kappa shape index (κ1) is 19.1. The summed E-state index contributed by atoms with van der Waals surface area (Å²) >= 11 is 5.91. The molecule has 0 aliphatic rings. The normalized spacial score (nSPS) is 10.4. The smallest absolute Gasteiger partial charge is 0.337 e. The van der Waals surface area contributed by atoms with Gasteiger partial charge in [0.15, 0.2) is 0 Å². The van der Waals surface area contributed by atoms with Crippen molar-refractivity contribution in [1.29, 1.82) is 0 Å². The van der Waals surface area contributed by atoms with Gasteiger partial charge in [-0.3, -0.25) is 9.59 Å². The molecule has 0 atom stereocenters. The molecule has 0 aromatic heterocycles. The molecule has 0 aliphatic heterocycles. The highest BCUT2D eigenvalue weighted by Crippen LogP contribution is 2.14. The Hall–Kier alpha value is -3.19. The number of nitrogens with zero attached hydrogens (tertiary/aromatic N) is 1. The first-order chi connectivity index (χ1) is 12.5. The van der Waals surface area contributed by atoms with Crippen molar-refractivity contribution in [3.8, 4) is 0 Å². The van der Waals surface area contributed by atoms with Gasteiger partial charge < -0.3 is 10.1 Å². The molecule has 0 radical (unpaired) electrons. The summed E-state index contributed by atoms with van der Waals surface area (Å²) in [4.78, 5) is 35.0. The Bertz CT molecular complexity index is 835. The number of benzene rings is 2. The number of amides is 2. The van der Waals surface area contributed by atoms with Crippen LogP contribution in [0.15, 0.2) is 53.6 Å². The molecular formula is C18H16ClN3O4. The van der Waals surface area contributed by atoms with Gasteiger partial charge in [-0.15, -0.1) is 0 Å². The summed E-state index contributed by atoms with van der Waals surface area (Å²) in [6, 6.07) is 13.0. The zero-order chi connectivity index (χ0) is 18.9. The van der Waals surface area contributed by atoms with Crippen molar-refractivity contribution in [1.82, 2.24) is 10.7 Å². The molecule has 0 saturated carbocycles. The molecule has 0 bridgehead atoms. The van der Waals surface area contributed by atoms with E-state index in [0.717, 1.165) is 0 Å². The molecular weight excluding hydrogens is 358 g/mol. The highest BCUT2D eigenvalue weighted by molar-refractivity contribution is 6.33. The molecule has 0 spiro atoms. The van der Waals surface area contributed by atoms with Crippen LogP contribution >= 0.6 is 11.6 Å². The van der Waals surface area contributed by atoms with Gasteiger partial charge in [0.05, 0.1) is 36.0 Å². The van der Waals surface area contributed by atoms with Gasteiger partial charge in [-0.2, -0.15) is 5.10 Å². The van der Waals surface area contributed by atoms with E-state index in [-0.39, 0.29) is 12.1 Å². The van der Waals surface area contributed by atoms with Gasteiger partial charge in [-0.05, 0) is 29.8 Å². The van der Waals surface area contributed by atoms with Crippen molar-refractivity contribution in [3.63, 3.8) is 0 Å². The molecule has 2 amide bonds. The fourth-order valence-corrected chi connectivity index (χ4v) is 2.16. The molecule has 0 saturated heterocycles. The van der Waals surface area contributed by atoms with Crippen LogP contribution in [0.5, 0.6) is 0 Å². The average Bonchev–Trinajstić information content (AvgIpc) is 2.66. The van der Waals surface area contributed by atoms with Crippen molar-refractivity contribution >= 4 is 35.6 Å². The number of nitrogens with one attached hydrogen (secondary N) is 2. The Morgan fingerprint density at radius 1 is 1.12 bits per heavy atom. The number of methoxy groups -OCH3 is 1. The van der Waals surface area contributed by atoms with Crippen LogP contribution in [-0.2, 0) is 9.53 Å². The predicted octanol–water partition coefficient (Wildman–Crippen LogP) is 2.01. The maximum atomic E-state index is 11.9. The minimum absolute atomic E-state index is 0.247. The van der Waals surface area contributed by atoms with Gasteiger partial charge >= 0.3 is 5.97 Å². The maximum Gasteiger partial charge on any atom is 0.337 e. The third-order valence-corrected chi connectivity index (χ3v) is 3.59. The number of carbonyl (C=O) groups is 3. The molecule has 0 aliphatic carbocycles. The zero-order valence-corrected chi connectivity index (χ0v) is 14.6. The molecule has 2 rings (SSSR count). The summed E-state index contributed by atoms with van der Waals surface area (Å²) in [7, 11) is 1.30. The lowest BCUT2D eigenvalue weighted by molar-refractivity contribution is -0.120. The van der Waals surface area contributed by atoms with E-state index in [1.807, 2.05) is 0 Å². The molecule has 0 fully saturated rings. The van der Waals surface area contributed by atoms with Crippen LogP contribution in [-0.4, -0.2) is 37.7 Å². The van der Waals surface area contributed by atoms with Crippen LogP contribution in [0.4, 0.5) is 0 Å². The van der Waals surface area contributed by atoms with Gasteiger partial charge in [0.25, 0.3) is 11.8 Å². The topological polar surface area (TPSA) is 96.9 Å². The van der Waals surface area contributed by atoms with Crippen LogP contribution in [0.3, 0.4) is 0 Å². The Balaban J connectivity index is 1.81. The number of carbonyl (C=O) groups excluding carboxylic acids is 3.